The van der Waals surface area contributed by atoms with Crippen LogP contribution in [-0.4, -0.2) is 85.0 Å². The standard InChI is InChI=1S/C24H24O12/c25-11-18-21(32)22(33)23(35-19(30)7-3-12-1-5-14(26)16(28)9-12)24(34-18)36-20(31)8-4-13-2-6-15(27)17(29)10-13/h1-10,18,21-29,32-33H,11H2/t18-,21-,22+,23-,24+/m1/s1. The molecule has 2 aromatic rings. The first-order chi connectivity index (χ1) is 17.1. The van der Waals surface area contributed by atoms with Crippen LogP contribution in [0.4, 0.5) is 0 Å². The SMILES string of the molecule is O=C(C=Cc1ccc(O)c(O)c1)O[C@@H]1O[C@H](CO)[C@@H](O)[C@H](O)[C@H]1OC(=O)C=Cc1ccc(O)c(O)c1. The molecule has 3 rings (SSSR count). The molecule has 12 heteroatoms. The molecule has 0 aliphatic carbocycles. The van der Waals surface area contributed by atoms with Crippen molar-refractivity contribution in [2.75, 3.05) is 6.61 Å². The van der Waals surface area contributed by atoms with Gasteiger partial charge in [-0.15, -0.1) is 0 Å². The number of hydrogen-bond acceptors (Lipinski definition) is 12. The van der Waals surface area contributed by atoms with Gasteiger partial charge in [-0.25, -0.2) is 9.59 Å². The Morgan fingerprint density at radius 2 is 1.28 bits per heavy atom. The zero-order valence-corrected chi connectivity index (χ0v) is 18.5. The molecule has 0 amide bonds. The molecule has 1 fully saturated rings. The van der Waals surface area contributed by atoms with E-state index in [0.29, 0.717) is 11.1 Å². The van der Waals surface area contributed by atoms with Crippen LogP contribution >= 0.6 is 0 Å². The third-order valence-electron chi connectivity index (χ3n) is 5.13. The highest BCUT2D eigenvalue weighted by Crippen LogP contribution is 2.28. The van der Waals surface area contributed by atoms with Crippen LogP contribution in [0.15, 0.2) is 48.6 Å². The summed E-state index contributed by atoms with van der Waals surface area (Å²) in [5.74, 6) is -3.57. The van der Waals surface area contributed by atoms with E-state index in [1.165, 1.54) is 48.6 Å². The monoisotopic (exact) mass is 504 g/mol. The fraction of sp³-hybridized carbons (Fsp3) is 0.250. The van der Waals surface area contributed by atoms with Crippen molar-refractivity contribution in [3.63, 3.8) is 0 Å². The van der Waals surface area contributed by atoms with E-state index in [1.807, 2.05) is 0 Å². The van der Waals surface area contributed by atoms with Crippen LogP contribution in [0.1, 0.15) is 11.1 Å². The summed E-state index contributed by atoms with van der Waals surface area (Å²) in [5.41, 5.74) is 0.667. The Kier molecular flexibility index (Phi) is 8.51. The molecule has 1 aliphatic heterocycles. The van der Waals surface area contributed by atoms with E-state index in [2.05, 4.69) is 0 Å². The van der Waals surface area contributed by atoms with Gasteiger partial charge in [0.1, 0.15) is 18.3 Å². The number of aliphatic hydroxyl groups excluding tert-OH is 3. The molecule has 0 spiro atoms. The number of carbonyl (C=O) groups excluding carboxylic acids is 2. The highest BCUT2D eigenvalue weighted by atomic mass is 16.7. The van der Waals surface area contributed by atoms with Crippen molar-refractivity contribution in [3.8, 4) is 23.0 Å². The van der Waals surface area contributed by atoms with E-state index in [4.69, 9.17) is 14.2 Å². The molecule has 5 atom stereocenters. The predicted molar refractivity (Wildman–Crippen MR) is 121 cm³/mol. The Morgan fingerprint density at radius 1 is 0.778 bits per heavy atom. The van der Waals surface area contributed by atoms with Crippen molar-refractivity contribution in [1.29, 1.82) is 0 Å². The van der Waals surface area contributed by atoms with Gasteiger partial charge in [0, 0.05) is 12.2 Å². The molecule has 192 valence electrons. The summed E-state index contributed by atoms with van der Waals surface area (Å²) in [5, 5.41) is 67.7. The quantitative estimate of drug-likeness (QED) is 0.153. The van der Waals surface area contributed by atoms with Gasteiger partial charge >= 0.3 is 11.9 Å². The van der Waals surface area contributed by atoms with Gasteiger partial charge in [-0.3, -0.25) is 0 Å². The third kappa shape index (κ3) is 6.52. The first-order valence-electron chi connectivity index (χ1n) is 10.5. The molecule has 12 nitrogen and oxygen atoms in total. The molecule has 2 aromatic carbocycles. The number of aliphatic hydroxyl groups is 3. The van der Waals surface area contributed by atoms with Gasteiger partial charge in [0.25, 0.3) is 0 Å². The van der Waals surface area contributed by atoms with Crippen molar-refractivity contribution in [1.82, 2.24) is 0 Å². The summed E-state index contributed by atoms with van der Waals surface area (Å²) in [6.45, 7) is -0.736. The van der Waals surface area contributed by atoms with Crippen LogP contribution in [-0.2, 0) is 23.8 Å². The lowest BCUT2D eigenvalue weighted by molar-refractivity contribution is -0.293. The second-order valence-electron chi connectivity index (χ2n) is 7.71. The number of aromatic hydroxyl groups is 4. The third-order valence-corrected chi connectivity index (χ3v) is 5.13. The van der Waals surface area contributed by atoms with Gasteiger partial charge in [0.15, 0.2) is 29.1 Å². The van der Waals surface area contributed by atoms with Crippen molar-refractivity contribution < 1.29 is 59.5 Å². The van der Waals surface area contributed by atoms with Crippen molar-refractivity contribution >= 4 is 24.1 Å². The molecule has 1 saturated heterocycles. The van der Waals surface area contributed by atoms with Gasteiger partial charge < -0.3 is 50.0 Å². The lowest BCUT2D eigenvalue weighted by atomic mass is 9.99. The maximum absolute atomic E-state index is 12.3. The molecule has 0 radical (unpaired) electrons. The largest absolute Gasteiger partial charge is 0.504 e. The maximum Gasteiger partial charge on any atom is 0.333 e. The fourth-order valence-electron chi connectivity index (χ4n) is 3.22. The molecule has 1 aliphatic rings. The van der Waals surface area contributed by atoms with E-state index in [-0.39, 0.29) is 11.5 Å². The normalized spacial score (nSPS) is 24.1. The highest BCUT2D eigenvalue weighted by Gasteiger charge is 2.48. The summed E-state index contributed by atoms with van der Waals surface area (Å²) in [6.07, 6.45) is -3.84. The van der Waals surface area contributed by atoms with Crippen molar-refractivity contribution in [2.45, 2.75) is 30.7 Å². The van der Waals surface area contributed by atoms with E-state index < -0.39 is 60.8 Å². The summed E-state index contributed by atoms with van der Waals surface area (Å²) in [6, 6.07) is 7.57. The van der Waals surface area contributed by atoms with E-state index in [1.54, 1.807) is 0 Å². The Bertz CT molecular complexity index is 1160. The number of hydrogen-bond donors (Lipinski definition) is 7. The molecular weight excluding hydrogens is 480 g/mol. The Hall–Kier alpha value is -4.10. The number of rotatable bonds is 7. The maximum atomic E-state index is 12.3. The Morgan fingerprint density at radius 3 is 1.75 bits per heavy atom. The molecular formula is C24H24O12. The lowest BCUT2D eigenvalue weighted by Crippen LogP contribution is -2.60. The highest BCUT2D eigenvalue weighted by molar-refractivity contribution is 5.88. The van der Waals surface area contributed by atoms with E-state index in [0.717, 1.165) is 12.2 Å². The van der Waals surface area contributed by atoms with Gasteiger partial charge in [-0.05, 0) is 47.5 Å². The number of phenols is 4. The number of benzene rings is 2. The molecule has 0 bridgehead atoms. The van der Waals surface area contributed by atoms with Crippen molar-refractivity contribution in [3.05, 3.63) is 59.7 Å². The topological polar surface area (TPSA) is 203 Å². The van der Waals surface area contributed by atoms with Crippen LogP contribution in [0, 0.1) is 0 Å². The minimum absolute atomic E-state index is 0.330. The zero-order chi connectivity index (χ0) is 26.4. The van der Waals surface area contributed by atoms with Gasteiger partial charge in [-0.2, -0.15) is 0 Å². The number of carbonyl (C=O) groups is 2. The van der Waals surface area contributed by atoms with Crippen LogP contribution in [0.25, 0.3) is 12.2 Å². The van der Waals surface area contributed by atoms with E-state index >= 15 is 0 Å². The van der Waals surface area contributed by atoms with E-state index in [9.17, 15) is 45.3 Å². The first kappa shape index (κ1) is 26.5. The Balaban J connectivity index is 1.72. The molecule has 36 heavy (non-hydrogen) atoms. The summed E-state index contributed by atoms with van der Waals surface area (Å²) < 4.78 is 15.6. The lowest BCUT2D eigenvalue weighted by Gasteiger charge is -2.40. The molecule has 0 aromatic heterocycles. The minimum atomic E-state index is -1.79. The summed E-state index contributed by atoms with van der Waals surface area (Å²) in [7, 11) is 0. The van der Waals surface area contributed by atoms with Gasteiger partial charge in [0.05, 0.1) is 6.61 Å². The molecule has 0 unspecified atom stereocenters. The average molecular weight is 504 g/mol. The number of esters is 2. The van der Waals surface area contributed by atoms with Gasteiger partial charge in [0.2, 0.25) is 6.29 Å². The van der Waals surface area contributed by atoms with Crippen LogP contribution in [0.5, 0.6) is 23.0 Å². The van der Waals surface area contributed by atoms with Crippen LogP contribution in [0.3, 0.4) is 0 Å². The molecule has 0 saturated carbocycles. The molecule has 1 heterocycles. The molecule has 7 N–H and O–H groups in total. The first-order valence-corrected chi connectivity index (χ1v) is 10.5. The van der Waals surface area contributed by atoms with Crippen LogP contribution < -0.4 is 0 Å². The second kappa shape index (κ2) is 11.6. The minimum Gasteiger partial charge on any atom is -0.504 e. The Labute approximate surface area is 204 Å². The average Bonchev–Trinajstić information content (AvgIpc) is 2.85. The fourth-order valence-corrected chi connectivity index (χ4v) is 3.22. The van der Waals surface area contributed by atoms with Crippen molar-refractivity contribution in [2.24, 2.45) is 0 Å². The predicted octanol–water partition coefficient (Wildman–Crippen LogP) is 0.130. The zero-order valence-electron chi connectivity index (χ0n) is 18.5. The number of ether oxygens (including phenoxy) is 3. The van der Waals surface area contributed by atoms with Crippen LogP contribution in [0.2, 0.25) is 0 Å². The van der Waals surface area contributed by atoms with Gasteiger partial charge in [-0.1, -0.05) is 12.1 Å². The number of phenolic OH excluding ortho intramolecular Hbond substituents is 4. The smallest absolute Gasteiger partial charge is 0.333 e. The summed E-state index contributed by atoms with van der Waals surface area (Å²) >= 11 is 0. The summed E-state index contributed by atoms with van der Waals surface area (Å²) in [4.78, 5) is 24.6. The second-order valence-corrected chi connectivity index (χ2v) is 7.71.